The minimum Gasteiger partial charge on any atom is -0.491 e. The Kier molecular flexibility index (Phi) is 7.46. The van der Waals surface area contributed by atoms with Crippen molar-refractivity contribution in [2.45, 2.75) is 70.2 Å². The highest BCUT2D eigenvalue weighted by Gasteiger charge is 2.49. The molecule has 1 amide bonds. The number of aliphatic hydroxyl groups is 1. The third-order valence-corrected chi connectivity index (χ3v) is 9.06. The van der Waals surface area contributed by atoms with Gasteiger partial charge in [-0.05, 0) is 55.9 Å². The van der Waals surface area contributed by atoms with Crippen LogP contribution < -0.4 is 10.1 Å². The molecule has 3 aromatic rings. The van der Waals surface area contributed by atoms with Gasteiger partial charge in [0, 0.05) is 62.7 Å². The summed E-state index contributed by atoms with van der Waals surface area (Å²) >= 11 is 0. The third-order valence-electron chi connectivity index (χ3n) is 9.06. The maximum Gasteiger partial charge on any atom is 0.254 e. The molecule has 6 rings (SSSR count). The Bertz CT molecular complexity index is 1440. The zero-order valence-corrected chi connectivity index (χ0v) is 24.1. The summed E-state index contributed by atoms with van der Waals surface area (Å²) in [5.41, 5.74) is 4.61. The number of nitrogens with zero attached hydrogens (tertiary/aromatic N) is 5. The molecule has 9 nitrogen and oxygen atoms in total. The molecule has 2 aromatic heterocycles. The Morgan fingerprint density at radius 2 is 2.07 bits per heavy atom. The summed E-state index contributed by atoms with van der Waals surface area (Å²) in [7, 11) is 1.85. The van der Waals surface area contributed by atoms with Crippen LogP contribution in [-0.4, -0.2) is 74.7 Å². The zero-order chi connectivity index (χ0) is 28.7. The van der Waals surface area contributed by atoms with Crippen LogP contribution in [0.25, 0.3) is 0 Å². The minimum atomic E-state index is -0.504. The number of halogens is 1. The van der Waals surface area contributed by atoms with Crippen molar-refractivity contribution in [1.29, 1.82) is 0 Å². The number of amides is 1. The average Bonchev–Trinajstić information content (AvgIpc) is 3.57. The first-order valence-corrected chi connectivity index (χ1v) is 14.7. The molecule has 2 N–H and O–H groups in total. The lowest BCUT2D eigenvalue weighted by Crippen LogP contribution is -2.54. The van der Waals surface area contributed by atoms with Gasteiger partial charge in [-0.15, -0.1) is 0 Å². The first-order chi connectivity index (χ1) is 19.8. The number of β-amino-alcohol motifs (C(OH)–C–C–N with tert-alkyl or cyclic N) is 1. The molecule has 0 radical (unpaired) electrons. The number of benzene rings is 1. The van der Waals surface area contributed by atoms with Crippen molar-refractivity contribution in [2.24, 2.45) is 0 Å². The molecule has 1 saturated heterocycles. The van der Waals surface area contributed by atoms with E-state index in [4.69, 9.17) is 4.74 Å². The van der Waals surface area contributed by atoms with Crippen LogP contribution in [0.1, 0.15) is 78.3 Å². The summed E-state index contributed by atoms with van der Waals surface area (Å²) < 4.78 is 21.8. The number of hydrogen-bond donors (Lipinski definition) is 2. The number of pyridine rings is 1. The van der Waals surface area contributed by atoms with E-state index in [9.17, 15) is 14.3 Å². The molecular formula is C31H39FN6O3. The van der Waals surface area contributed by atoms with Gasteiger partial charge in [-0.1, -0.05) is 12.5 Å². The molecule has 0 bridgehead atoms. The fraction of sp³-hybridized carbons (Fsp3) is 0.516. The predicted molar refractivity (Wildman–Crippen MR) is 154 cm³/mol. The molecule has 10 heteroatoms. The SMILES string of the molecule is CCOc1cc([C@H](C)N2CC3(CCC3)c3c(CN4CC[C@H](O)C4)cc(Cn4ccnc4NC)cc3C2=O)ncc1F. The number of carbonyl (C=O) groups excluding carboxylic acids is 1. The van der Waals surface area contributed by atoms with Gasteiger partial charge in [0.25, 0.3) is 5.91 Å². The van der Waals surface area contributed by atoms with Crippen molar-refractivity contribution in [3.05, 3.63) is 70.6 Å². The summed E-state index contributed by atoms with van der Waals surface area (Å²) in [4.78, 5) is 27.3. The second-order valence-corrected chi connectivity index (χ2v) is 11.7. The van der Waals surface area contributed by atoms with Gasteiger partial charge >= 0.3 is 0 Å². The van der Waals surface area contributed by atoms with E-state index in [0.717, 1.165) is 49.3 Å². The first-order valence-electron chi connectivity index (χ1n) is 14.7. The second kappa shape index (κ2) is 11.1. The highest BCUT2D eigenvalue weighted by Crippen LogP contribution is 2.51. The molecule has 41 heavy (non-hydrogen) atoms. The van der Waals surface area contributed by atoms with E-state index < -0.39 is 5.82 Å². The smallest absolute Gasteiger partial charge is 0.254 e. The predicted octanol–water partition coefficient (Wildman–Crippen LogP) is 4.11. The van der Waals surface area contributed by atoms with Crippen LogP contribution >= 0.6 is 0 Å². The standard InChI is InChI=1S/C31H39FN6O3/c1-4-41-27-14-26(35-15-25(27)32)20(2)38-19-31(7-5-8-31)28-22(17-36-10-6-23(39)18-36)12-21(13-24(28)29(38)40)16-37-11-9-34-30(37)33-3/h9,11-15,20,23,39H,4-8,10,16-19H2,1-3H3,(H,33,34)/t20-,23-/m0/s1. The highest BCUT2D eigenvalue weighted by molar-refractivity contribution is 5.98. The molecule has 1 aliphatic carbocycles. The van der Waals surface area contributed by atoms with Gasteiger partial charge in [-0.2, -0.15) is 0 Å². The quantitative estimate of drug-likeness (QED) is 0.405. The van der Waals surface area contributed by atoms with E-state index in [1.807, 2.05) is 36.6 Å². The monoisotopic (exact) mass is 562 g/mol. The second-order valence-electron chi connectivity index (χ2n) is 11.7. The van der Waals surface area contributed by atoms with Crippen molar-refractivity contribution < 1.29 is 19.0 Å². The summed E-state index contributed by atoms with van der Waals surface area (Å²) in [5, 5.41) is 13.3. The molecule has 2 aliphatic heterocycles. The topological polar surface area (TPSA) is 95.7 Å². The minimum absolute atomic E-state index is 0.0295. The van der Waals surface area contributed by atoms with Gasteiger partial charge in [0.1, 0.15) is 0 Å². The summed E-state index contributed by atoms with van der Waals surface area (Å²) in [6, 6.07) is 5.59. The lowest BCUT2D eigenvalue weighted by atomic mass is 9.60. The number of rotatable bonds is 9. The van der Waals surface area contributed by atoms with E-state index in [0.29, 0.717) is 38.5 Å². The lowest BCUT2D eigenvalue weighted by molar-refractivity contribution is 0.0481. The number of carbonyl (C=O) groups is 1. The maximum atomic E-state index is 14.4. The van der Waals surface area contributed by atoms with Gasteiger partial charge in [-0.25, -0.2) is 9.37 Å². The van der Waals surface area contributed by atoms with E-state index in [1.165, 1.54) is 17.3 Å². The Morgan fingerprint density at radius 3 is 2.76 bits per heavy atom. The van der Waals surface area contributed by atoms with E-state index in [-0.39, 0.29) is 29.2 Å². The Balaban J connectivity index is 1.42. The average molecular weight is 563 g/mol. The number of likely N-dealkylation sites (tertiary alicyclic amines) is 1. The number of aromatic nitrogens is 3. The fourth-order valence-corrected chi connectivity index (χ4v) is 6.88. The van der Waals surface area contributed by atoms with Crippen molar-refractivity contribution >= 4 is 11.9 Å². The first kappa shape index (κ1) is 27.7. The number of fused-ring (bicyclic) bond motifs is 2. The number of imidazole rings is 1. The molecule has 2 atom stereocenters. The Labute approximate surface area is 240 Å². The lowest BCUT2D eigenvalue weighted by Gasteiger charge is -2.52. The van der Waals surface area contributed by atoms with Crippen LogP contribution in [0.4, 0.5) is 10.3 Å². The van der Waals surface area contributed by atoms with Crippen LogP contribution in [-0.2, 0) is 18.5 Å². The van der Waals surface area contributed by atoms with Crippen LogP contribution in [0.3, 0.4) is 0 Å². The molecule has 2 fully saturated rings. The maximum absolute atomic E-state index is 14.4. The van der Waals surface area contributed by atoms with Gasteiger partial charge in [0.2, 0.25) is 5.95 Å². The summed E-state index contributed by atoms with van der Waals surface area (Å²) in [5.74, 6) is 0.385. The summed E-state index contributed by atoms with van der Waals surface area (Å²) in [6.45, 7) is 7.50. The highest BCUT2D eigenvalue weighted by atomic mass is 19.1. The molecule has 218 valence electrons. The molecule has 1 saturated carbocycles. The van der Waals surface area contributed by atoms with Gasteiger partial charge in [-0.3, -0.25) is 14.7 Å². The van der Waals surface area contributed by atoms with Crippen molar-refractivity contribution in [2.75, 3.05) is 38.6 Å². The van der Waals surface area contributed by atoms with Crippen molar-refractivity contribution in [1.82, 2.24) is 24.3 Å². The molecule has 1 aromatic carbocycles. The van der Waals surface area contributed by atoms with E-state index >= 15 is 0 Å². The molecule has 1 spiro atoms. The van der Waals surface area contributed by atoms with Crippen molar-refractivity contribution in [3.8, 4) is 5.75 Å². The Morgan fingerprint density at radius 1 is 1.24 bits per heavy atom. The molecular weight excluding hydrogens is 523 g/mol. The van der Waals surface area contributed by atoms with Gasteiger partial charge in [0.15, 0.2) is 11.6 Å². The van der Waals surface area contributed by atoms with E-state index in [2.05, 4.69) is 32.3 Å². The Hall–Kier alpha value is -3.50. The van der Waals surface area contributed by atoms with Crippen LogP contribution in [0.5, 0.6) is 5.75 Å². The number of anilines is 1. The van der Waals surface area contributed by atoms with Crippen LogP contribution in [0.2, 0.25) is 0 Å². The van der Waals surface area contributed by atoms with E-state index in [1.54, 1.807) is 12.3 Å². The third kappa shape index (κ3) is 5.08. The number of aliphatic hydroxyl groups excluding tert-OH is 1. The zero-order valence-electron chi connectivity index (χ0n) is 24.1. The van der Waals surface area contributed by atoms with Gasteiger partial charge < -0.3 is 24.6 Å². The fourth-order valence-electron chi connectivity index (χ4n) is 6.88. The van der Waals surface area contributed by atoms with Crippen LogP contribution in [0.15, 0.2) is 36.8 Å². The number of ether oxygens (including phenoxy) is 1. The molecule has 4 heterocycles. The number of hydrogen-bond acceptors (Lipinski definition) is 7. The van der Waals surface area contributed by atoms with Crippen LogP contribution in [0, 0.1) is 5.82 Å². The molecule has 0 unspecified atom stereocenters. The molecule has 3 aliphatic rings. The largest absolute Gasteiger partial charge is 0.491 e. The van der Waals surface area contributed by atoms with Gasteiger partial charge in [0.05, 0.1) is 37.2 Å². The number of nitrogens with one attached hydrogen (secondary N) is 1. The normalized spacial score (nSPS) is 20.7. The van der Waals surface area contributed by atoms with Crippen molar-refractivity contribution in [3.63, 3.8) is 0 Å². The summed E-state index contributed by atoms with van der Waals surface area (Å²) in [6.07, 6.45) is 8.48.